The second-order valence-corrected chi connectivity index (χ2v) is 15.7. The lowest BCUT2D eigenvalue weighted by Gasteiger charge is -2.25. The molecular formula is C42H48N10O8S2. The van der Waals surface area contributed by atoms with Gasteiger partial charge in [-0.15, -0.1) is 20.4 Å². The fourth-order valence-electron chi connectivity index (χ4n) is 6.11. The third kappa shape index (κ3) is 14.8. The number of carbonyl (C=O) groups excluding carboxylic acids is 3. The monoisotopic (exact) mass is 884 g/mol. The summed E-state index contributed by atoms with van der Waals surface area (Å²) in [4.78, 5) is 51.9. The van der Waals surface area contributed by atoms with Crippen LogP contribution >= 0.6 is 22.7 Å². The van der Waals surface area contributed by atoms with Gasteiger partial charge in [0.25, 0.3) is 0 Å². The van der Waals surface area contributed by atoms with Crippen LogP contribution in [0, 0.1) is 6.92 Å². The van der Waals surface area contributed by atoms with E-state index in [9.17, 15) is 14.4 Å². The van der Waals surface area contributed by atoms with Gasteiger partial charge < -0.3 is 34.3 Å². The molecule has 2 N–H and O–H groups in total. The first-order chi connectivity index (χ1) is 30.1. The van der Waals surface area contributed by atoms with Crippen molar-refractivity contribution < 1.29 is 38.1 Å². The fourth-order valence-corrected chi connectivity index (χ4v) is 7.93. The van der Waals surface area contributed by atoms with Crippen molar-refractivity contribution in [3.8, 4) is 23.5 Å². The van der Waals surface area contributed by atoms with E-state index in [1.807, 2.05) is 19.1 Å². The van der Waals surface area contributed by atoms with E-state index in [4.69, 9.17) is 18.9 Å². The molecule has 6 aromatic heterocycles. The number of aryl methyl sites for hydroxylation is 1. The van der Waals surface area contributed by atoms with Crippen molar-refractivity contribution >= 4 is 50.7 Å². The van der Waals surface area contributed by atoms with Gasteiger partial charge in [0, 0.05) is 60.9 Å². The minimum Gasteiger partial charge on any atom is -0.481 e. The average molecular weight is 885 g/mol. The first-order valence-corrected chi connectivity index (χ1v) is 21.0. The summed E-state index contributed by atoms with van der Waals surface area (Å²) in [6, 6.07) is 14.3. The number of ether oxygens (including phenoxy) is 5. The van der Waals surface area contributed by atoms with Crippen LogP contribution in [0.15, 0.2) is 73.3 Å². The average Bonchev–Trinajstić information content (AvgIpc) is 3.97. The fraction of sp³-hybridized carbons (Fsp3) is 0.357. The molecule has 6 heterocycles. The Kier molecular flexibility index (Phi) is 17.9. The molecular weight excluding hydrogens is 837 g/mol. The maximum Gasteiger partial charge on any atom is 0.309 e. The van der Waals surface area contributed by atoms with E-state index >= 15 is 0 Å². The number of nitrogens with zero attached hydrogens (tertiary/aromatic N) is 8. The van der Waals surface area contributed by atoms with E-state index in [0.29, 0.717) is 33.8 Å². The summed E-state index contributed by atoms with van der Waals surface area (Å²) in [5.41, 5.74) is 3.60. The maximum atomic E-state index is 12.5. The molecule has 1 saturated carbocycles. The zero-order valence-corrected chi connectivity index (χ0v) is 36.8. The van der Waals surface area contributed by atoms with Gasteiger partial charge in [0.1, 0.15) is 10.0 Å². The molecule has 0 spiro atoms. The van der Waals surface area contributed by atoms with Crippen LogP contribution in [-0.4, -0.2) is 93.7 Å². The van der Waals surface area contributed by atoms with Gasteiger partial charge in [0.2, 0.25) is 45.6 Å². The largest absolute Gasteiger partial charge is 0.481 e. The second-order valence-electron chi connectivity index (χ2n) is 13.6. The van der Waals surface area contributed by atoms with Crippen molar-refractivity contribution in [2.24, 2.45) is 0 Å². The third-order valence-electron chi connectivity index (χ3n) is 9.18. The molecule has 2 atom stereocenters. The van der Waals surface area contributed by atoms with E-state index in [1.165, 1.54) is 56.7 Å². The maximum absolute atomic E-state index is 12.5. The lowest BCUT2D eigenvalue weighted by atomic mass is 9.82. The van der Waals surface area contributed by atoms with Crippen molar-refractivity contribution in [1.82, 2.24) is 40.3 Å². The Morgan fingerprint density at radius 3 is 1.37 bits per heavy atom. The molecule has 18 nitrogen and oxygen atoms in total. The van der Waals surface area contributed by atoms with Crippen LogP contribution in [0.25, 0.3) is 0 Å². The van der Waals surface area contributed by atoms with Gasteiger partial charge >= 0.3 is 5.97 Å². The normalized spacial score (nSPS) is 14.1. The Morgan fingerprint density at radius 1 is 0.581 bits per heavy atom. The molecule has 0 aliphatic heterocycles. The minimum atomic E-state index is -0.270. The Morgan fingerprint density at radius 2 is 0.984 bits per heavy atom. The molecule has 1 fully saturated rings. The van der Waals surface area contributed by atoms with Gasteiger partial charge in [-0.3, -0.25) is 14.4 Å². The van der Waals surface area contributed by atoms with Crippen LogP contribution in [0.3, 0.4) is 0 Å². The highest BCUT2D eigenvalue weighted by Crippen LogP contribution is 2.43. The van der Waals surface area contributed by atoms with E-state index in [-0.39, 0.29) is 48.9 Å². The molecule has 6 aromatic rings. The molecule has 0 saturated heterocycles. The number of hydrogen-bond donors (Lipinski definition) is 2. The van der Waals surface area contributed by atoms with Crippen molar-refractivity contribution in [3.05, 3.63) is 106 Å². The van der Waals surface area contributed by atoms with Gasteiger partial charge in [0.15, 0.2) is 0 Å². The first kappa shape index (κ1) is 46.4. The molecule has 62 heavy (non-hydrogen) atoms. The summed E-state index contributed by atoms with van der Waals surface area (Å²) in [6.45, 7) is 2.00. The van der Waals surface area contributed by atoms with Crippen molar-refractivity contribution in [2.75, 3.05) is 46.2 Å². The zero-order chi connectivity index (χ0) is 44.3. The van der Waals surface area contributed by atoms with E-state index < -0.39 is 0 Å². The quantitative estimate of drug-likeness (QED) is 0.116. The summed E-state index contributed by atoms with van der Waals surface area (Å²) in [7, 11) is 7.58. The number of anilines is 2. The van der Waals surface area contributed by atoms with Crippen LogP contribution in [0.2, 0.25) is 0 Å². The Bertz CT molecular complexity index is 2270. The SMILES string of the molecule is COC(=O)Cc1ccnc(OC)c1.COc1cc(C)ccn1.COc1cc(CC(=O)Nc2nnc([C@H]3CCC[C@H](c4nnc(NC(=O)Cc5ccnc(OC)c5)s4)C3)s2)ccn1. The molecule has 1 aliphatic rings. The minimum absolute atomic E-state index is 0.177. The predicted octanol–water partition coefficient (Wildman–Crippen LogP) is 6.20. The topological polar surface area (TPSA) is 225 Å². The Hall–Kier alpha value is -6.67. The highest BCUT2D eigenvalue weighted by molar-refractivity contribution is 7.15. The first-order valence-electron chi connectivity index (χ1n) is 19.3. The standard InChI is InChI=1S/C26H28N8O4S2.C9H11NO3.C7H9NO/c1-37-21-12-15(6-8-27-21)10-19(35)29-25-33-31-23(39-25)17-4-3-5-18(14-17)24-32-34-26(40-24)30-20(36)11-16-7-9-28-22(13-16)38-2;1-12-8-5-7(3-4-10-8)6-9(11)13-2;1-6-3-4-8-7(5-6)9-2/h6-9,12-13,17-18H,3-5,10-11,14H2,1-2H3,(H,29,33,35)(H,30,34,36);3-5H,6H2,1-2H3;3-5H,1-2H3/t17-,18-;;/m0../s1. The lowest BCUT2D eigenvalue weighted by molar-refractivity contribution is -0.139. The summed E-state index contributed by atoms with van der Waals surface area (Å²) in [5, 5.41) is 25.6. The van der Waals surface area contributed by atoms with Gasteiger partial charge in [-0.2, -0.15) is 0 Å². The molecule has 0 aromatic carbocycles. The molecule has 0 bridgehead atoms. The van der Waals surface area contributed by atoms with Crippen LogP contribution in [0.5, 0.6) is 23.5 Å². The molecule has 1 aliphatic carbocycles. The van der Waals surface area contributed by atoms with Gasteiger partial charge in [0.05, 0.1) is 54.8 Å². The molecule has 2 amide bonds. The summed E-state index contributed by atoms with van der Waals surface area (Å²) >= 11 is 2.81. The molecule has 7 rings (SSSR count). The predicted molar refractivity (Wildman–Crippen MR) is 232 cm³/mol. The number of esters is 1. The summed E-state index contributed by atoms with van der Waals surface area (Å²) in [6.07, 6.45) is 11.0. The lowest BCUT2D eigenvalue weighted by Crippen LogP contribution is -2.14. The highest BCUT2D eigenvalue weighted by atomic mass is 32.1. The zero-order valence-electron chi connectivity index (χ0n) is 35.2. The molecule has 326 valence electrons. The number of aromatic nitrogens is 8. The molecule has 0 unspecified atom stereocenters. The third-order valence-corrected chi connectivity index (χ3v) is 11.2. The van der Waals surface area contributed by atoms with Crippen LogP contribution in [0.1, 0.15) is 69.8 Å². The number of amides is 2. The van der Waals surface area contributed by atoms with Crippen molar-refractivity contribution in [2.45, 2.75) is 63.7 Å². The van der Waals surface area contributed by atoms with Crippen molar-refractivity contribution in [1.29, 1.82) is 0 Å². The van der Waals surface area contributed by atoms with E-state index in [1.54, 1.807) is 68.3 Å². The number of carbonyl (C=O) groups is 3. The van der Waals surface area contributed by atoms with Crippen LogP contribution in [-0.2, 0) is 38.4 Å². The van der Waals surface area contributed by atoms with Crippen molar-refractivity contribution in [3.63, 3.8) is 0 Å². The second kappa shape index (κ2) is 23.9. The number of rotatable bonds is 14. The van der Waals surface area contributed by atoms with Crippen LogP contribution in [0.4, 0.5) is 10.3 Å². The Labute approximate surface area is 366 Å². The smallest absolute Gasteiger partial charge is 0.309 e. The van der Waals surface area contributed by atoms with Gasteiger partial charge in [-0.05, 0) is 72.7 Å². The van der Waals surface area contributed by atoms with Gasteiger partial charge in [-0.25, -0.2) is 19.9 Å². The number of nitrogens with one attached hydrogen (secondary N) is 2. The molecule has 0 radical (unpaired) electrons. The van der Waals surface area contributed by atoms with Crippen LogP contribution < -0.4 is 29.6 Å². The van der Waals surface area contributed by atoms with E-state index in [2.05, 4.69) is 55.7 Å². The number of hydrogen-bond acceptors (Lipinski definition) is 18. The summed E-state index contributed by atoms with van der Waals surface area (Å²) in [5.74, 6) is 1.92. The van der Waals surface area contributed by atoms with Gasteiger partial charge in [-0.1, -0.05) is 29.1 Å². The van der Waals surface area contributed by atoms with E-state index in [0.717, 1.165) is 52.4 Å². The highest BCUT2D eigenvalue weighted by Gasteiger charge is 2.29. The summed E-state index contributed by atoms with van der Waals surface area (Å²) < 4.78 is 24.6. The molecule has 20 heteroatoms. The Balaban J connectivity index is 0.000000268. The number of methoxy groups -OCH3 is 5. The number of pyridine rings is 4.